The molecule has 0 heterocycles. The van der Waals surface area contributed by atoms with E-state index in [0.717, 1.165) is 36.7 Å². The normalized spacial score (nSPS) is 5.83. The van der Waals surface area contributed by atoms with E-state index in [4.69, 9.17) is 62.6 Å². The molecule has 24 nitrogen and oxygen atoms in total. The highest BCUT2D eigenvalue weighted by Crippen LogP contribution is 2.04. The number of benzene rings is 1. The van der Waals surface area contributed by atoms with Gasteiger partial charge in [0.15, 0.2) is 0 Å². The number of aliphatic hydroxyl groups excluding tert-OH is 1. The van der Waals surface area contributed by atoms with E-state index in [1.165, 1.54) is 93.4 Å². The lowest BCUT2D eigenvalue weighted by Gasteiger charge is -2.17. The van der Waals surface area contributed by atoms with Crippen LogP contribution in [-0.4, -0.2) is 147 Å². The monoisotopic (exact) mass is 1320 g/mol. The van der Waals surface area contributed by atoms with Gasteiger partial charge in [-0.2, -0.15) is 0 Å². The smallest absolute Gasteiger partial charge is 0.106 e. The molecule has 24 heteroatoms. The minimum absolute atomic E-state index is 0. The average Bonchev–Trinajstić information content (AvgIpc) is 3.61. The molecule has 1 aromatic carbocycles. The van der Waals surface area contributed by atoms with Gasteiger partial charge in [0.2, 0.25) is 0 Å². The molecule has 0 bridgehead atoms. The Kier molecular flexibility index (Phi) is 1230. The molecule has 0 aliphatic rings. The topological polar surface area (TPSA) is 539 Å². The summed E-state index contributed by atoms with van der Waals surface area (Å²) in [7, 11) is 10.5. The molecule has 1 aromatic rings. The van der Waals surface area contributed by atoms with E-state index in [9.17, 15) is 0 Å². The lowest BCUT2D eigenvalue weighted by molar-refractivity contribution is -0.0987. The van der Waals surface area contributed by atoms with Crippen molar-refractivity contribution in [3.05, 3.63) is 35.9 Å². The molecular formula is C65H177N11O13. The van der Waals surface area contributed by atoms with Gasteiger partial charge >= 0.3 is 0 Å². The summed E-state index contributed by atoms with van der Waals surface area (Å²) in [6.45, 7) is 79.5. The summed E-state index contributed by atoms with van der Waals surface area (Å²) in [5.41, 5.74) is 33.0. The second-order valence-corrected chi connectivity index (χ2v) is 13.7. The van der Waals surface area contributed by atoms with Gasteiger partial charge in [-0.15, -0.1) is 0 Å². The number of carbonyl (C=O) groups excluding carboxylic acids is 11. The van der Waals surface area contributed by atoms with E-state index in [2.05, 4.69) is 189 Å². The summed E-state index contributed by atoms with van der Waals surface area (Å²) >= 11 is 0. The summed E-state index contributed by atoms with van der Waals surface area (Å²) in [6, 6.07) is 10.5. The molecule has 27 N–H and O–H groups in total. The zero-order chi connectivity index (χ0) is 77.9. The van der Waals surface area contributed by atoms with Crippen LogP contribution >= 0.6 is 0 Å². The zero-order valence-electron chi connectivity index (χ0n) is 66.4. The number of unbranched alkanes of at least 4 members (excludes halogenated alkanes) is 1. The summed E-state index contributed by atoms with van der Waals surface area (Å²) in [5.74, 6) is 3.54. The number of carbonyl (C=O) groups is 11. The second kappa shape index (κ2) is 512. The average molecular weight is 1320 g/mol. The number of aliphatic hydroxyl groups is 1. The number of hydrogen-bond acceptors (Lipinski definition) is 24. The van der Waals surface area contributed by atoms with Crippen LogP contribution in [0.4, 0.5) is 0 Å². The van der Waals surface area contributed by atoms with E-state index in [0.29, 0.717) is 0 Å². The predicted molar refractivity (Wildman–Crippen MR) is 409 cm³/mol. The Morgan fingerprint density at radius 1 is 0.337 bits per heavy atom. The lowest BCUT2D eigenvalue weighted by atomic mass is 10.2. The van der Waals surface area contributed by atoms with Crippen LogP contribution in [0.2, 0.25) is 0 Å². The van der Waals surface area contributed by atoms with Crippen LogP contribution in [0.25, 0.3) is 0 Å². The van der Waals surface area contributed by atoms with Crippen LogP contribution < -0.4 is 64.7 Å². The number of hydrogen-bond donors (Lipinski definition) is 12. The number of rotatable bonds is 7. The quantitative estimate of drug-likeness (QED) is 0.121. The van der Waals surface area contributed by atoms with Crippen LogP contribution in [0.15, 0.2) is 30.3 Å². The van der Waals surface area contributed by atoms with Crippen molar-refractivity contribution >= 4 is 74.7 Å². The van der Waals surface area contributed by atoms with Crippen molar-refractivity contribution in [3.63, 3.8) is 0 Å². The first-order valence-electron chi connectivity index (χ1n) is 28.3. The molecule has 89 heavy (non-hydrogen) atoms. The van der Waals surface area contributed by atoms with Crippen molar-refractivity contribution in [1.29, 1.82) is 0 Å². The molecule has 0 spiro atoms. The van der Waals surface area contributed by atoms with E-state index < -0.39 is 0 Å². The van der Waals surface area contributed by atoms with Crippen LogP contribution in [0.1, 0.15) is 231 Å². The molecule has 0 radical (unpaired) electrons. The molecule has 0 fully saturated rings. The van der Waals surface area contributed by atoms with Gasteiger partial charge in [-0.1, -0.05) is 214 Å². The SMILES string of the molecule is C=O.C=O.C=O.C=O.C=O.C=O.C=O.C=O.C=O.C=O.C=O.CC.CC.CC.CC(C)O.CCC(C)C.CCC(C)C.CCC(C)C.CCC(C)C.CCCC.CCOC(C)(C)C.CCc1ccccc1.CN.CN.CN.CN.CN.CN.CN.N.N.N.N. The highest BCUT2D eigenvalue weighted by atomic mass is 16.5. The molecule has 1 rings (SSSR count). The maximum absolute atomic E-state index is 8.06. The van der Waals surface area contributed by atoms with Gasteiger partial charge in [0.1, 0.15) is 74.7 Å². The third-order valence-corrected chi connectivity index (χ3v) is 5.59. The summed E-state index contributed by atoms with van der Waals surface area (Å²) < 4.78 is 5.23. The molecule has 0 saturated carbocycles. The lowest BCUT2D eigenvalue weighted by Crippen LogP contribution is -2.18. The third kappa shape index (κ3) is 1670. The molecule has 0 aromatic heterocycles. The third-order valence-electron chi connectivity index (χ3n) is 5.59. The van der Waals surface area contributed by atoms with E-state index in [-0.39, 0.29) is 36.3 Å². The summed E-state index contributed by atoms with van der Waals surface area (Å²) in [6.07, 6.45) is 8.83. The Morgan fingerprint density at radius 2 is 0.449 bits per heavy atom. The standard InChI is InChI=1S/C8H10.C6H14O.4C5H12.C4H10.C3H8O.3C2H6.7CH5N.11CH2O.4H3N/c1-2-8-6-4-3-5-7-8;1-5-7-6(2,3)4;4*1-4-5(2)3;1-3-4-2;1-3(2)4;21*1-2;;;;/h3-7H,2H2,1H3;5H2,1-4H3;4*5H,4H2,1-3H3;3-4H2,1-2H3;3-4H,1-2H3;3*1-2H3;7*2H2,1H3;11*1H2;4*1H3. The van der Waals surface area contributed by atoms with Crippen LogP contribution in [0, 0.1) is 23.7 Å². The first-order chi connectivity index (χ1) is 40.7. The van der Waals surface area contributed by atoms with Crippen LogP contribution in [0.3, 0.4) is 0 Å². The van der Waals surface area contributed by atoms with Crippen molar-refractivity contribution in [2.24, 2.45) is 63.8 Å². The van der Waals surface area contributed by atoms with Gasteiger partial charge in [-0.25, -0.2) is 0 Å². The number of ether oxygens (including phenoxy) is 1. The summed E-state index contributed by atoms with van der Waals surface area (Å²) in [5, 5.41) is 8.06. The Hall–Kier alpha value is -4.93. The minimum atomic E-state index is -0.167. The van der Waals surface area contributed by atoms with Gasteiger partial charge in [0.25, 0.3) is 0 Å². The fraction of sp³-hybridized carbons (Fsp3) is 0.738. The number of nitrogens with two attached hydrogens (primary N) is 7. The molecule has 0 atom stereocenters. The number of aryl methyl sites for hydroxylation is 1. The summed E-state index contributed by atoms with van der Waals surface area (Å²) in [4.78, 5) is 88.0. The maximum Gasteiger partial charge on any atom is 0.106 e. The Labute approximate surface area is 559 Å². The van der Waals surface area contributed by atoms with Gasteiger partial charge in [-0.05, 0) is 127 Å². The predicted octanol–water partition coefficient (Wildman–Crippen LogP) is 13.2. The van der Waals surface area contributed by atoms with Crippen molar-refractivity contribution in [1.82, 2.24) is 24.6 Å². The Morgan fingerprint density at radius 3 is 0.483 bits per heavy atom. The second-order valence-electron chi connectivity index (χ2n) is 13.7. The highest BCUT2D eigenvalue weighted by molar-refractivity contribution is 5.14. The minimum Gasteiger partial charge on any atom is -0.394 e. The van der Waals surface area contributed by atoms with Crippen LogP contribution in [0.5, 0.6) is 0 Å². The molecule has 0 aliphatic carbocycles. The van der Waals surface area contributed by atoms with Crippen molar-refractivity contribution in [2.75, 3.05) is 55.9 Å². The van der Waals surface area contributed by atoms with E-state index >= 15 is 0 Å². The fourth-order valence-corrected chi connectivity index (χ4v) is 1.15. The van der Waals surface area contributed by atoms with Gasteiger partial charge < -0.3 is 127 Å². The van der Waals surface area contributed by atoms with Gasteiger partial charge in [0.05, 0.1) is 5.60 Å². The fourth-order valence-electron chi connectivity index (χ4n) is 1.15. The first kappa shape index (κ1) is 214. The first-order valence-corrected chi connectivity index (χ1v) is 28.3. The molecule has 0 unspecified atom stereocenters. The Bertz CT molecular complexity index is 681. The zero-order valence-corrected chi connectivity index (χ0v) is 66.4. The Balaban J connectivity index is -0.0000000128. The largest absolute Gasteiger partial charge is 0.394 e. The van der Waals surface area contributed by atoms with Gasteiger partial charge in [-0.3, -0.25) is 0 Å². The maximum atomic E-state index is 8.06. The van der Waals surface area contributed by atoms with Crippen molar-refractivity contribution in [2.45, 2.75) is 244 Å². The van der Waals surface area contributed by atoms with Crippen molar-refractivity contribution < 1.29 is 62.6 Å². The van der Waals surface area contributed by atoms with Gasteiger partial charge in [0, 0.05) is 12.7 Å². The molecule has 570 valence electrons. The molecule has 0 amide bonds. The highest BCUT2D eigenvalue weighted by Gasteiger charge is 2.06. The van der Waals surface area contributed by atoms with Crippen LogP contribution in [-0.2, 0) is 63.9 Å². The van der Waals surface area contributed by atoms with Crippen molar-refractivity contribution in [3.8, 4) is 0 Å². The van der Waals surface area contributed by atoms with E-state index in [1.54, 1.807) is 13.8 Å². The van der Waals surface area contributed by atoms with E-state index in [1.807, 2.05) is 129 Å². The molecule has 0 saturated heterocycles. The molecular weight excluding hydrogens is 1140 g/mol. The molecule has 0 aliphatic heterocycles.